The summed E-state index contributed by atoms with van der Waals surface area (Å²) in [5.41, 5.74) is 0.372. The number of benzene rings is 2. The van der Waals surface area contributed by atoms with Gasteiger partial charge in [-0.2, -0.15) is 13.2 Å². The molecule has 1 fully saturated rings. The van der Waals surface area contributed by atoms with Gasteiger partial charge in [-0.3, -0.25) is 14.9 Å². The van der Waals surface area contributed by atoms with Crippen LogP contribution in [0.25, 0.3) is 10.9 Å². The van der Waals surface area contributed by atoms with Gasteiger partial charge in [0.1, 0.15) is 5.03 Å². The van der Waals surface area contributed by atoms with Crippen LogP contribution in [-0.4, -0.2) is 32.6 Å². The molecule has 154 valence electrons. The molecule has 11 heteroatoms. The Bertz CT molecular complexity index is 1160. The van der Waals surface area contributed by atoms with Gasteiger partial charge < -0.3 is 4.90 Å². The van der Waals surface area contributed by atoms with Crippen molar-refractivity contribution in [3.63, 3.8) is 0 Å². The number of amides is 1. The van der Waals surface area contributed by atoms with Crippen molar-refractivity contribution in [2.45, 2.75) is 22.9 Å². The van der Waals surface area contributed by atoms with Crippen LogP contribution in [0.4, 0.5) is 24.5 Å². The number of hydrogen-bond donors (Lipinski definition) is 0. The number of nitro groups is 1. The summed E-state index contributed by atoms with van der Waals surface area (Å²) in [6, 6.07) is 12.0. The summed E-state index contributed by atoms with van der Waals surface area (Å²) in [6.45, 7) is 0.298. The smallest absolute Gasteiger partial charge is 0.311 e. The molecule has 3 aromatic rings. The quantitative estimate of drug-likeness (QED) is 0.342. The number of rotatable bonds is 4. The number of carbonyl (C=O) groups excluding carboxylic acids is 1. The number of halogens is 3. The number of aromatic nitrogens is 2. The minimum atomic E-state index is -4.71. The minimum Gasteiger partial charge on any atom is -0.311 e. The standard InChI is InChI=1S/C19H13F3N4O3S/c20-19(21,22)18-23-14-7-2-1-6-13(14)16(24-18)30-15-8-9-25(17(15)27)11-4-3-5-12(10-11)26(28)29/h1-7,10,15H,8-9H2. The van der Waals surface area contributed by atoms with Gasteiger partial charge in [-0.25, -0.2) is 9.97 Å². The molecular formula is C19H13F3N4O3S. The lowest BCUT2D eigenvalue weighted by atomic mass is 10.2. The van der Waals surface area contributed by atoms with E-state index < -0.39 is 22.2 Å². The van der Waals surface area contributed by atoms with Gasteiger partial charge in [-0.15, -0.1) is 0 Å². The number of alkyl halides is 3. The van der Waals surface area contributed by atoms with E-state index in [1.165, 1.54) is 29.2 Å². The highest BCUT2D eigenvalue weighted by Crippen LogP contribution is 2.37. The predicted molar refractivity (Wildman–Crippen MR) is 104 cm³/mol. The fourth-order valence-electron chi connectivity index (χ4n) is 3.19. The molecule has 0 radical (unpaired) electrons. The lowest BCUT2D eigenvalue weighted by Gasteiger charge is -2.17. The first-order valence-electron chi connectivity index (χ1n) is 8.80. The van der Waals surface area contributed by atoms with Crippen LogP contribution in [0.2, 0.25) is 0 Å². The largest absolute Gasteiger partial charge is 0.451 e. The topological polar surface area (TPSA) is 89.2 Å². The average Bonchev–Trinajstić information content (AvgIpc) is 3.07. The Morgan fingerprint density at radius 1 is 1.13 bits per heavy atom. The van der Waals surface area contributed by atoms with Gasteiger partial charge in [-0.05, 0) is 18.6 Å². The first-order valence-corrected chi connectivity index (χ1v) is 9.68. The van der Waals surface area contributed by atoms with E-state index in [-0.39, 0.29) is 22.1 Å². The highest BCUT2D eigenvalue weighted by molar-refractivity contribution is 8.00. The van der Waals surface area contributed by atoms with Crippen LogP contribution >= 0.6 is 11.8 Å². The van der Waals surface area contributed by atoms with Crippen molar-refractivity contribution in [1.82, 2.24) is 9.97 Å². The lowest BCUT2D eigenvalue weighted by Crippen LogP contribution is -2.28. The van der Waals surface area contributed by atoms with Gasteiger partial charge in [0.2, 0.25) is 11.7 Å². The molecule has 0 saturated carbocycles. The van der Waals surface area contributed by atoms with Crippen molar-refractivity contribution >= 4 is 39.9 Å². The molecule has 1 amide bonds. The number of anilines is 1. The number of para-hydroxylation sites is 1. The van der Waals surface area contributed by atoms with Gasteiger partial charge >= 0.3 is 6.18 Å². The zero-order valence-electron chi connectivity index (χ0n) is 15.2. The van der Waals surface area contributed by atoms with Crippen LogP contribution in [0.5, 0.6) is 0 Å². The Labute approximate surface area is 172 Å². The molecule has 0 bridgehead atoms. The molecule has 1 aromatic heterocycles. The second-order valence-corrected chi connectivity index (χ2v) is 7.72. The highest BCUT2D eigenvalue weighted by Gasteiger charge is 2.38. The Morgan fingerprint density at radius 3 is 2.63 bits per heavy atom. The molecule has 0 N–H and O–H groups in total. The molecule has 1 saturated heterocycles. The minimum absolute atomic E-state index is 0.0761. The summed E-state index contributed by atoms with van der Waals surface area (Å²) in [4.78, 5) is 32.0. The zero-order valence-corrected chi connectivity index (χ0v) is 16.0. The molecule has 1 atom stereocenters. The second-order valence-electron chi connectivity index (χ2n) is 6.53. The van der Waals surface area contributed by atoms with E-state index in [2.05, 4.69) is 9.97 Å². The fraction of sp³-hybridized carbons (Fsp3) is 0.211. The second kappa shape index (κ2) is 7.56. The molecule has 0 spiro atoms. The van der Waals surface area contributed by atoms with E-state index in [0.29, 0.717) is 24.0 Å². The van der Waals surface area contributed by atoms with Gasteiger partial charge in [-0.1, -0.05) is 36.0 Å². The van der Waals surface area contributed by atoms with Crippen LogP contribution in [0, 0.1) is 10.1 Å². The fourth-order valence-corrected chi connectivity index (χ4v) is 4.35. The molecule has 7 nitrogen and oxygen atoms in total. The summed E-state index contributed by atoms with van der Waals surface area (Å²) in [5, 5.41) is 10.8. The number of fused-ring (bicyclic) bond motifs is 1. The zero-order chi connectivity index (χ0) is 21.5. The van der Waals surface area contributed by atoms with Gasteiger partial charge in [0.15, 0.2) is 0 Å². The normalized spacial score (nSPS) is 17.0. The van der Waals surface area contributed by atoms with Crippen molar-refractivity contribution in [1.29, 1.82) is 0 Å². The number of nitrogens with zero attached hydrogens (tertiary/aromatic N) is 4. The van der Waals surface area contributed by atoms with Gasteiger partial charge in [0.05, 0.1) is 21.4 Å². The summed E-state index contributed by atoms with van der Waals surface area (Å²) in [5.74, 6) is -1.60. The number of hydrogen-bond acceptors (Lipinski definition) is 6. The summed E-state index contributed by atoms with van der Waals surface area (Å²) in [6.07, 6.45) is -4.35. The monoisotopic (exact) mass is 434 g/mol. The van der Waals surface area contributed by atoms with E-state index in [0.717, 1.165) is 11.8 Å². The van der Waals surface area contributed by atoms with Gasteiger partial charge in [0, 0.05) is 24.1 Å². The number of carbonyl (C=O) groups is 1. The van der Waals surface area contributed by atoms with Crippen molar-refractivity contribution in [2.75, 3.05) is 11.4 Å². The molecule has 0 aliphatic carbocycles. The predicted octanol–water partition coefficient (Wildman–Crippen LogP) is 4.45. The molecule has 1 unspecified atom stereocenters. The third-order valence-corrected chi connectivity index (χ3v) is 5.84. The maximum absolute atomic E-state index is 13.2. The Hall–Kier alpha value is -3.21. The molecule has 30 heavy (non-hydrogen) atoms. The molecule has 1 aliphatic heterocycles. The van der Waals surface area contributed by atoms with E-state index in [1.54, 1.807) is 24.3 Å². The lowest BCUT2D eigenvalue weighted by molar-refractivity contribution is -0.384. The molecular weight excluding hydrogens is 421 g/mol. The van der Waals surface area contributed by atoms with Crippen LogP contribution in [0.1, 0.15) is 12.2 Å². The van der Waals surface area contributed by atoms with Crippen LogP contribution in [0.15, 0.2) is 53.6 Å². The molecule has 1 aliphatic rings. The highest BCUT2D eigenvalue weighted by atomic mass is 32.2. The van der Waals surface area contributed by atoms with Crippen molar-refractivity contribution in [3.8, 4) is 0 Å². The number of nitro benzene ring substituents is 1. The molecule has 2 aromatic carbocycles. The summed E-state index contributed by atoms with van der Waals surface area (Å²) in [7, 11) is 0. The SMILES string of the molecule is O=C1C(Sc2nc(C(F)(F)F)nc3ccccc23)CCN1c1cccc([N+](=O)[O-])c1. The third-order valence-electron chi connectivity index (χ3n) is 4.58. The van der Waals surface area contributed by atoms with E-state index in [1.807, 2.05) is 0 Å². The van der Waals surface area contributed by atoms with Crippen LogP contribution < -0.4 is 4.90 Å². The maximum atomic E-state index is 13.2. The first kappa shape index (κ1) is 20.1. The van der Waals surface area contributed by atoms with E-state index in [4.69, 9.17) is 0 Å². The first-order chi connectivity index (χ1) is 14.2. The Balaban J connectivity index is 1.64. The average molecular weight is 434 g/mol. The third kappa shape index (κ3) is 3.80. The maximum Gasteiger partial charge on any atom is 0.451 e. The summed E-state index contributed by atoms with van der Waals surface area (Å²) < 4.78 is 39.6. The van der Waals surface area contributed by atoms with E-state index in [9.17, 15) is 28.1 Å². The van der Waals surface area contributed by atoms with Crippen molar-refractivity contribution in [3.05, 3.63) is 64.5 Å². The number of non-ortho nitro benzene ring substituents is 1. The van der Waals surface area contributed by atoms with Crippen molar-refractivity contribution < 1.29 is 22.9 Å². The Morgan fingerprint density at radius 2 is 1.90 bits per heavy atom. The van der Waals surface area contributed by atoms with E-state index >= 15 is 0 Å². The number of thioether (sulfide) groups is 1. The summed E-state index contributed by atoms with van der Waals surface area (Å²) >= 11 is 0.952. The molecule has 2 heterocycles. The Kier molecular flexibility index (Phi) is 5.06. The van der Waals surface area contributed by atoms with Gasteiger partial charge in [0.25, 0.3) is 5.69 Å². The van der Waals surface area contributed by atoms with Crippen LogP contribution in [0.3, 0.4) is 0 Å². The molecule has 4 rings (SSSR count). The van der Waals surface area contributed by atoms with Crippen LogP contribution in [-0.2, 0) is 11.0 Å². The van der Waals surface area contributed by atoms with Crippen molar-refractivity contribution in [2.24, 2.45) is 0 Å².